The van der Waals surface area contributed by atoms with Crippen molar-refractivity contribution in [3.8, 4) is 17.2 Å². The summed E-state index contributed by atoms with van der Waals surface area (Å²) in [4.78, 5) is 0. The van der Waals surface area contributed by atoms with E-state index in [1.54, 1.807) is 7.11 Å². The molecule has 0 aliphatic heterocycles. The molecule has 116 valence electrons. The first-order chi connectivity index (χ1) is 9.85. The van der Waals surface area contributed by atoms with E-state index in [2.05, 4.69) is 60.6 Å². The van der Waals surface area contributed by atoms with Gasteiger partial charge >= 0.3 is 0 Å². The molecule has 0 bridgehead atoms. The third kappa shape index (κ3) is 7.34. The number of ether oxygens (including phenoxy) is 2. The van der Waals surface area contributed by atoms with Crippen molar-refractivity contribution < 1.29 is 9.47 Å². The summed E-state index contributed by atoms with van der Waals surface area (Å²) in [5.41, 5.74) is 4.58. The standard InChI is InChI=1S/C17H25IO2Si/c1-14(12-18)17(10-11-21(3,4)5)20-13-15-6-8-16(19-2)9-7-15/h6-9,14,17H,12-13H2,1-5H3/t14-,17?/m0/s1. The lowest BCUT2D eigenvalue weighted by molar-refractivity contribution is 0.0513. The van der Waals surface area contributed by atoms with Crippen molar-refractivity contribution in [1.29, 1.82) is 0 Å². The van der Waals surface area contributed by atoms with E-state index in [0.717, 1.165) is 15.7 Å². The number of benzene rings is 1. The molecule has 1 rings (SSSR count). The average molecular weight is 416 g/mol. The number of rotatable bonds is 6. The molecule has 0 N–H and O–H groups in total. The van der Waals surface area contributed by atoms with Crippen LogP contribution in [0.2, 0.25) is 19.6 Å². The normalized spacial score (nSPS) is 14.0. The van der Waals surface area contributed by atoms with Gasteiger partial charge in [0.25, 0.3) is 0 Å². The van der Waals surface area contributed by atoms with Crippen LogP contribution < -0.4 is 4.74 Å². The van der Waals surface area contributed by atoms with Crippen LogP contribution in [0.15, 0.2) is 24.3 Å². The van der Waals surface area contributed by atoms with E-state index in [1.165, 1.54) is 0 Å². The van der Waals surface area contributed by atoms with Gasteiger partial charge in [-0.2, -0.15) is 0 Å². The lowest BCUT2D eigenvalue weighted by atomic mass is 10.1. The first kappa shape index (κ1) is 18.5. The molecule has 0 aliphatic rings. The summed E-state index contributed by atoms with van der Waals surface area (Å²) in [5.74, 6) is 4.67. The molecule has 0 aliphatic carbocycles. The highest BCUT2D eigenvalue weighted by Gasteiger charge is 2.16. The molecule has 21 heavy (non-hydrogen) atoms. The summed E-state index contributed by atoms with van der Waals surface area (Å²) in [5, 5.41) is 0. The van der Waals surface area contributed by atoms with Gasteiger partial charge in [-0.05, 0) is 17.7 Å². The minimum absolute atomic E-state index is 0.00993. The van der Waals surface area contributed by atoms with E-state index in [-0.39, 0.29) is 6.10 Å². The second kappa shape index (κ2) is 8.81. The van der Waals surface area contributed by atoms with Gasteiger partial charge < -0.3 is 9.47 Å². The highest BCUT2D eigenvalue weighted by molar-refractivity contribution is 14.1. The van der Waals surface area contributed by atoms with Crippen LogP contribution in [0.3, 0.4) is 0 Å². The quantitative estimate of drug-likeness (QED) is 0.294. The lowest BCUT2D eigenvalue weighted by Gasteiger charge is -2.19. The maximum atomic E-state index is 6.05. The predicted molar refractivity (Wildman–Crippen MR) is 101 cm³/mol. The van der Waals surface area contributed by atoms with Crippen LogP contribution in [-0.4, -0.2) is 25.7 Å². The maximum absolute atomic E-state index is 6.05. The van der Waals surface area contributed by atoms with Gasteiger partial charge in [0.1, 0.15) is 19.9 Å². The third-order valence-electron chi connectivity index (χ3n) is 2.94. The van der Waals surface area contributed by atoms with Crippen molar-refractivity contribution in [1.82, 2.24) is 0 Å². The van der Waals surface area contributed by atoms with Crippen molar-refractivity contribution in [2.75, 3.05) is 11.5 Å². The monoisotopic (exact) mass is 416 g/mol. The van der Waals surface area contributed by atoms with E-state index >= 15 is 0 Å². The van der Waals surface area contributed by atoms with Gasteiger partial charge in [-0.1, -0.05) is 67.2 Å². The van der Waals surface area contributed by atoms with Crippen LogP contribution >= 0.6 is 22.6 Å². The summed E-state index contributed by atoms with van der Waals surface area (Å²) < 4.78 is 12.3. The molecule has 0 saturated heterocycles. The third-order valence-corrected chi connectivity index (χ3v) is 5.22. The Hall–Kier alpha value is -0.513. The first-order valence-corrected chi connectivity index (χ1v) is 12.2. The van der Waals surface area contributed by atoms with Crippen molar-refractivity contribution in [2.45, 2.75) is 39.3 Å². The summed E-state index contributed by atoms with van der Waals surface area (Å²) in [6.07, 6.45) is 0.00993. The SMILES string of the molecule is COc1ccc(COC(C#C[Si](C)(C)C)[C@@H](C)CI)cc1. The summed E-state index contributed by atoms with van der Waals surface area (Å²) in [6.45, 7) is 9.57. The minimum atomic E-state index is -1.36. The average Bonchev–Trinajstić information content (AvgIpc) is 2.46. The molecular weight excluding hydrogens is 391 g/mol. The Balaban J connectivity index is 2.69. The molecule has 0 fully saturated rings. The molecule has 0 aromatic heterocycles. The van der Waals surface area contributed by atoms with Crippen molar-refractivity contribution >= 4 is 30.7 Å². The summed E-state index contributed by atoms with van der Waals surface area (Å²) in [6, 6.07) is 8.00. The second-order valence-corrected chi connectivity index (χ2v) is 11.9. The van der Waals surface area contributed by atoms with Crippen molar-refractivity contribution in [3.63, 3.8) is 0 Å². The Morgan fingerprint density at radius 1 is 1.19 bits per heavy atom. The molecular formula is C17H25IO2Si. The Bertz CT molecular complexity index is 482. The Kier molecular flexibility index (Phi) is 7.78. The molecule has 1 aromatic rings. The molecule has 0 amide bonds. The Labute approximate surface area is 143 Å². The molecule has 0 spiro atoms. The van der Waals surface area contributed by atoms with E-state index < -0.39 is 8.07 Å². The van der Waals surface area contributed by atoms with E-state index in [0.29, 0.717) is 12.5 Å². The van der Waals surface area contributed by atoms with Crippen molar-refractivity contribution in [2.24, 2.45) is 5.92 Å². The molecule has 0 saturated carbocycles. The van der Waals surface area contributed by atoms with Crippen molar-refractivity contribution in [3.05, 3.63) is 29.8 Å². The van der Waals surface area contributed by atoms with Crippen LogP contribution in [-0.2, 0) is 11.3 Å². The Morgan fingerprint density at radius 3 is 2.29 bits per heavy atom. The van der Waals surface area contributed by atoms with Gasteiger partial charge in [0, 0.05) is 10.3 Å². The van der Waals surface area contributed by atoms with E-state index in [1.807, 2.05) is 24.3 Å². The number of hydrogen-bond acceptors (Lipinski definition) is 2. The van der Waals surface area contributed by atoms with Crippen LogP contribution in [0.4, 0.5) is 0 Å². The Morgan fingerprint density at radius 2 is 1.81 bits per heavy atom. The highest BCUT2D eigenvalue weighted by atomic mass is 127. The van der Waals surface area contributed by atoms with Gasteiger partial charge in [0.2, 0.25) is 0 Å². The molecule has 1 unspecified atom stereocenters. The zero-order valence-electron chi connectivity index (χ0n) is 13.6. The van der Waals surface area contributed by atoms with Gasteiger partial charge in [0.05, 0.1) is 13.7 Å². The zero-order chi connectivity index (χ0) is 15.9. The van der Waals surface area contributed by atoms with Gasteiger partial charge in [-0.3, -0.25) is 0 Å². The molecule has 0 radical (unpaired) electrons. The topological polar surface area (TPSA) is 18.5 Å². The fourth-order valence-corrected chi connectivity index (χ4v) is 2.66. The zero-order valence-corrected chi connectivity index (χ0v) is 16.7. The fourth-order valence-electron chi connectivity index (χ4n) is 1.62. The smallest absolute Gasteiger partial charge is 0.129 e. The second-order valence-electron chi connectivity index (χ2n) is 6.23. The van der Waals surface area contributed by atoms with Gasteiger partial charge in [-0.25, -0.2) is 0 Å². The van der Waals surface area contributed by atoms with Gasteiger partial charge in [0.15, 0.2) is 0 Å². The molecule has 2 atom stereocenters. The summed E-state index contributed by atoms with van der Waals surface area (Å²) in [7, 11) is 0.317. The molecule has 4 heteroatoms. The molecule has 0 heterocycles. The lowest BCUT2D eigenvalue weighted by Crippen LogP contribution is -2.24. The number of halogens is 1. The number of methoxy groups -OCH3 is 1. The van der Waals surface area contributed by atoms with E-state index in [9.17, 15) is 0 Å². The molecule has 2 nitrogen and oxygen atoms in total. The van der Waals surface area contributed by atoms with Crippen LogP contribution in [0, 0.1) is 17.4 Å². The first-order valence-electron chi connectivity index (χ1n) is 7.19. The maximum Gasteiger partial charge on any atom is 0.129 e. The molecule has 1 aromatic carbocycles. The number of alkyl halides is 1. The minimum Gasteiger partial charge on any atom is -0.497 e. The largest absolute Gasteiger partial charge is 0.497 e. The van der Waals surface area contributed by atoms with Crippen LogP contribution in [0.25, 0.3) is 0 Å². The van der Waals surface area contributed by atoms with Crippen LogP contribution in [0.1, 0.15) is 12.5 Å². The summed E-state index contributed by atoms with van der Waals surface area (Å²) >= 11 is 2.40. The highest BCUT2D eigenvalue weighted by Crippen LogP contribution is 2.16. The predicted octanol–water partition coefficient (Wildman–Crippen LogP) is 4.53. The fraction of sp³-hybridized carbons (Fsp3) is 0.529. The van der Waals surface area contributed by atoms with Gasteiger partial charge in [-0.15, -0.1) is 5.54 Å². The number of hydrogen-bond donors (Lipinski definition) is 0. The van der Waals surface area contributed by atoms with Crippen LogP contribution in [0.5, 0.6) is 5.75 Å². The van der Waals surface area contributed by atoms with E-state index in [4.69, 9.17) is 9.47 Å².